The molecule has 2 aliphatic heterocycles. The second-order valence-corrected chi connectivity index (χ2v) is 7.49. The first-order valence-electron chi connectivity index (χ1n) is 9.65. The Morgan fingerprint density at radius 2 is 1.73 bits per heavy atom. The lowest BCUT2D eigenvalue weighted by molar-refractivity contribution is -0.125. The van der Waals surface area contributed by atoms with Crippen molar-refractivity contribution >= 4 is 23.4 Å². The zero-order chi connectivity index (χ0) is 18.1. The number of hydrogen-bond donors (Lipinski definition) is 1. The summed E-state index contributed by atoms with van der Waals surface area (Å²) < 4.78 is 0. The van der Waals surface area contributed by atoms with Gasteiger partial charge >= 0.3 is 0 Å². The maximum Gasteiger partial charge on any atom is 0.254 e. The van der Waals surface area contributed by atoms with Crippen LogP contribution in [0.3, 0.4) is 0 Å². The van der Waals surface area contributed by atoms with Gasteiger partial charge in [-0.25, -0.2) is 0 Å². The Labute approximate surface area is 153 Å². The number of nitrogens with zero attached hydrogens (tertiary/aromatic N) is 2. The van der Waals surface area contributed by atoms with Crippen LogP contribution in [0.1, 0.15) is 55.3 Å². The Morgan fingerprint density at radius 3 is 2.42 bits per heavy atom. The number of carbonyl (C=O) groups is 3. The molecule has 3 aliphatic rings. The fraction of sp³-hybridized carbons (Fsp3) is 0.550. The predicted octanol–water partition coefficient (Wildman–Crippen LogP) is 2.09. The van der Waals surface area contributed by atoms with E-state index in [0.29, 0.717) is 24.6 Å². The van der Waals surface area contributed by atoms with E-state index < -0.39 is 0 Å². The number of likely N-dealkylation sites (tertiary alicyclic amines) is 1. The first-order chi connectivity index (χ1) is 12.6. The van der Waals surface area contributed by atoms with Gasteiger partial charge < -0.3 is 15.1 Å². The maximum absolute atomic E-state index is 12.9. The number of piperidine rings is 1. The van der Waals surface area contributed by atoms with Crippen LogP contribution in [0.15, 0.2) is 24.3 Å². The van der Waals surface area contributed by atoms with Crippen molar-refractivity contribution in [3.8, 4) is 0 Å². The highest BCUT2D eigenvalue weighted by molar-refractivity contribution is 5.99. The van der Waals surface area contributed by atoms with Gasteiger partial charge in [0.1, 0.15) is 6.04 Å². The summed E-state index contributed by atoms with van der Waals surface area (Å²) in [7, 11) is 0. The summed E-state index contributed by atoms with van der Waals surface area (Å²) in [6, 6.07) is 7.17. The van der Waals surface area contributed by atoms with E-state index in [9.17, 15) is 14.4 Å². The molecule has 6 nitrogen and oxygen atoms in total. The fourth-order valence-corrected chi connectivity index (χ4v) is 3.84. The molecule has 6 heteroatoms. The molecule has 0 spiro atoms. The first kappa shape index (κ1) is 17.1. The molecule has 1 unspecified atom stereocenters. The quantitative estimate of drug-likeness (QED) is 0.899. The van der Waals surface area contributed by atoms with E-state index >= 15 is 0 Å². The number of amides is 3. The summed E-state index contributed by atoms with van der Waals surface area (Å²) in [5.74, 6) is 0.0236. The molecule has 1 N–H and O–H groups in total. The molecule has 1 atom stereocenters. The van der Waals surface area contributed by atoms with Gasteiger partial charge in [-0.15, -0.1) is 0 Å². The van der Waals surface area contributed by atoms with Crippen LogP contribution >= 0.6 is 0 Å². The lowest BCUT2D eigenvalue weighted by Gasteiger charge is -2.27. The van der Waals surface area contributed by atoms with Gasteiger partial charge in [0, 0.05) is 36.8 Å². The van der Waals surface area contributed by atoms with Gasteiger partial charge in [0.2, 0.25) is 11.8 Å². The molecule has 138 valence electrons. The molecule has 1 aromatic carbocycles. The van der Waals surface area contributed by atoms with Gasteiger partial charge in [-0.05, 0) is 62.8 Å². The minimum absolute atomic E-state index is 0.0196. The Bertz CT molecular complexity index is 712. The Kier molecular flexibility index (Phi) is 4.66. The predicted molar refractivity (Wildman–Crippen MR) is 97.9 cm³/mol. The van der Waals surface area contributed by atoms with E-state index in [1.165, 1.54) is 0 Å². The number of nitrogens with one attached hydrogen (secondary N) is 1. The lowest BCUT2D eigenvalue weighted by atomic mass is 10.1. The van der Waals surface area contributed by atoms with Gasteiger partial charge in [-0.3, -0.25) is 14.4 Å². The molecule has 1 aromatic rings. The average molecular weight is 355 g/mol. The van der Waals surface area contributed by atoms with Crippen LogP contribution in [-0.2, 0) is 9.59 Å². The molecule has 0 aromatic heterocycles. The monoisotopic (exact) mass is 355 g/mol. The smallest absolute Gasteiger partial charge is 0.254 e. The summed E-state index contributed by atoms with van der Waals surface area (Å²) >= 11 is 0. The van der Waals surface area contributed by atoms with Gasteiger partial charge in [0.25, 0.3) is 5.91 Å². The van der Waals surface area contributed by atoms with Crippen LogP contribution < -0.4 is 10.2 Å². The molecule has 1 aliphatic carbocycles. The van der Waals surface area contributed by atoms with Crippen LogP contribution in [-0.4, -0.2) is 47.8 Å². The number of rotatable bonds is 4. The summed E-state index contributed by atoms with van der Waals surface area (Å²) in [5, 5.41) is 3.01. The summed E-state index contributed by atoms with van der Waals surface area (Å²) in [5.41, 5.74) is 1.42. The molecule has 3 fully saturated rings. The van der Waals surface area contributed by atoms with Crippen LogP contribution in [0.2, 0.25) is 0 Å². The summed E-state index contributed by atoms with van der Waals surface area (Å²) in [6.45, 7) is 1.36. The fourth-order valence-electron chi connectivity index (χ4n) is 3.84. The molecule has 0 bridgehead atoms. The third-order valence-corrected chi connectivity index (χ3v) is 5.49. The van der Waals surface area contributed by atoms with Gasteiger partial charge in [-0.1, -0.05) is 0 Å². The molecular weight excluding hydrogens is 330 g/mol. The van der Waals surface area contributed by atoms with Crippen LogP contribution in [0, 0.1) is 0 Å². The van der Waals surface area contributed by atoms with Crippen molar-refractivity contribution in [3.63, 3.8) is 0 Å². The molecule has 2 saturated heterocycles. The first-order valence-corrected chi connectivity index (χ1v) is 9.65. The Hall–Kier alpha value is -2.37. The largest absolute Gasteiger partial charge is 0.352 e. The molecule has 4 rings (SSSR count). The SMILES string of the molecule is O=C(NC1CC1)C1CCCN1C(=O)c1ccc(N2CCCCC2=O)cc1. The number of anilines is 1. The normalized spacial score (nSPS) is 23.2. The number of benzene rings is 1. The van der Waals surface area contributed by atoms with E-state index in [0.717, 1.165) is 50.8 Å². The Balaban J connectivity index is 1.45. The Morgan fingerprint density at radius 1 is 0.962 bits per heavy atom. The molecular formula is C20H25N3O3. The van der Waals surface area contributed by atoms with Crippen molar-refractivity contribution < 1.29 is 14.4 Å². The highest BCUT2D eigenvalue weighted by Gasteiger charge is 2.36. The van der Waals surface area contributed by atoms with E-state index in [4.69, 9.17) is 0 Å². The molecule has 3 amide bonds. The van der Waals surface area contributed by atoms with Crippen molar-refractivity contribution in [1.29, 1.82) is 0 Å². The van der Waals surface area contributed by atoms with Crippen LogP contribution in [0.5, 0.6) is 0 Å². The highest BCUT2D eigenvalue weighted by atomic mass is 16.2. The molecule has 0 radical (unpaired) electrons. The lowest BCUT2D eigenvalue weighted by Crippen LogP contribution is -2.46. The minimum atomic E-state index is -0.355. The van der Waals surface area contributed by atoms with E-state index in [1.54, 1.807) is 21.9 Å². The third-order valence-electron chi connectivity index (χ3n) is 5.49. The van der Waals surface area contributed by atoms with Crippen molar-refractivity contribution in [3.05, 3.63) is 29.8 Å². The third kappa shape index (κ3) is 3.45. The van der Waals surface area contributed by atoms with Crippen molar-refractivity contribution in [2.24, 2.45) is 0 Å². The van der Waals surface area contributed by atoms with Gasteiger partial charge in [0.05, 0.1) is 0 Å². The van der Waals surface area contributed by atoms with E-state index in [-0.39, 0.29) is 23.8 Å². The van der Waals surface area contributed by atoms with Crippen molar-refractivity contribution in [2.75, 3.05) is 18.0 Å². The van der Waals surface area contributed by atoms with Crippen LogP contribution in [0.4, 0.5) is 5.69 Å². The van der Waals surface area contributed by atoms with Gasteiger partial charge in [-0.2, -0.15) is 0 Å². The highest BCUT2D eigenvalue weighted by Crippen LogP contribution is 2.25. The standard InChI is InChI=1S/C20H25N3O3/c24-18-5-1-2-12-22(18)16-10-6-14(7-11-16)20(26)23-13-3-4-17(23)19(25)21-15-8-9-15/h6-7,10-11,15,17H,1-5,8-9,12-13H2,(H,21,25). The number of carbonyl (C=O) groups excluding carboxylic acids is 3. The minimum Gasteiger partial charge on any atom is -0.352 e. The summed E-state index contributed by atoms with van der Waals surface area (Å²) in [6.07, 6.45) is 6.22. The van der Waals surface area contributed by atoms with Crippen molar-refractivity contribution in [2.45, 2.75) is 57.0 Å². The van der Waals surface area contributed by atoms with Crippen molar-refractivity contribution in [1.82, 2.24) is 10.2 Å². The average Bonchev–Trinajstić information content (AvgIpc) is 3.33. The van der Waals surface area contributed by atoms with Crippen LogP contribution in [0.25, 0.3) is 0 Å². The maximum atomic E-state index is 12.9. The van der Waals surface area contributed by atoms with E-state index in [1.807, 2.05) is 12.1 Å². The molecule has 26 heavy (non-hydrogen) atoms. The van der Waals surface area contributed by atoms with E-state index in [2.05, 4.69) is 5.32 Å². The number of hydrogen-bond acceptors (Lipinski definition) is 3. The second-order valence-electron chi connectivity index (χ2n) is 7.49. The van der Waals surface area contributed by atoms with Gasteiger partial charge in [0.15, 0.2) is 0 Å². The summed E-state index contributed by atoms with van der Waals surface area (Å²) in [4.78, 5) is 40.8. The molecule has 1 saturated carbocycles. The molecule has 2 heterocycles. The zero-order valence-electron chi connectivity index (χ0n) is 14.9. The topological polar surface area (TPSA) is 69.7 Å². The second kappa shape index (κ2) is 7.09. The zero-order valence-corrected chi connectivity index (χ0v) is 14.9.